The van der Waals surface area contributed by atoms with Crippen molar-refractivity contribution in [2.75, 3.05) is 0 Å². The molecule has 1 aliphatic carbocycles. The number of hydrogen-bond acceptors (Lipinski definition) is 2. The van der Waals surface area contributed by atoms with Gasteiger partial charge in [-0.2, -0.15) is 0 Å². The van der Waals surface area contributed by atoms with Crippen LogP contribution in [0.25, 0.3) is 0 Å². The highest BCUT2D eigenvalue weighted by Gasteiger charge is 2.25. The van der Waals surface area contributed by atoms with Crippen LogP contribution in [0, 0.1) is 5.92 Å². The molecule has 0 bridgehead atoms. The fraction of sp³-hybridized carbons (Fsp3) is 0.727. The van der Waals surface area contributed by atoms with Crippen LogP contribution in [-0.4, -0.2) is 17.0 Å². The van der Waals surface area contributed by atoms with Crippen LogP contribution in [-0.2, 0) is 4.79 Å². The Labute approximate surface area is 79.6 Å². The summed E-state index contributed by atoms with van der Waals surface area (Å²) in [5, 5.41) is 9.67. The van der Waals surface area contributed by atoms with Gasteiger partial charge in [0.05, 0.1) is 0 Å². The van der Waals surface area contributed by atoms with E-state index in [0.29, 0.717) is 0 Å². The topological polar surface area (TPSA) is 37.3 Å². The van der Waals surface area contributed by atoms with Crippen molar-refractivity contribution >= 4 is 5.78 Å². The van der Waals surface area contributed by atoms with E-state index in [0.717, 1.165) is 25.7 Å². The van der Waals surface area contributed by atoms with Crippen LogP contribution in [0.1, 0.15) is 39.0 Å². The normalized spacial score (nSPS) is 22.0. The van der Waals surface area contributed by atoms with E-state index >= 15 is 0 Å². The van der Waals surface area contributed by atoms with E-state index < -0.39 is 6.10 Å². The molecule has 0 saturated heterocycles. The van der Waals surface area contributed by atoms with E-state index in [1.807, 2.05) is 0 Å². The summed E-state index contributed by atoms with van der Waals surface area (Å²) in [6.45, 7) is 1.80. The summed E-state index contributed by atoms with van der Waals surface area (Å²) in [5.74, 6) is 0.0758. The molecule has 0 aromatic rings. The Balaban J connectivity index is 2.44. The summed E-state index contributed by atoms with van der Waals surface area (Å²) in [6, 6.07) is 0. The van der Waals surface area contributed by atoms with E-state index in [1.165, 1.54) is 12.5 Å². The maximum Gasteiger partial charge on any atom is 0.184 e. The van der Waals surface area contributed by atoms with Crippen LogP contribution in [0.5, 0.6) is 0 Å². The van der Waals surface area contributed by atoms with Crippen LogP contribution >= 0.6 is 0 Å². The molecule has 1 fully saturated rings. The van der Waals surface area contributed by atoms with Gasteiger partial charge in [0.15, 0.2) is 5.78 Å². The first kappa shape index (κ1) is 10.5. The van der Waals surface area contributed by atoms with Gasteiger partial charge in [0.2, 0.25) is 0 Å². The third-order valence-corrected chi connectivity index (χ3v) is 2.72. The summed E-state index contributed by atoms with van der Waals surface area (Å²) >= 11 is 0. The number of carbonyl (C=O) groups is 1. The van der Waals surface area contributed by atoms with E-state index in [9.17, 15) is 9.90 Å². The lowest BCUT2D eigenvalue weighted by molar-refractivity contribution is -0.125. The second kappa shape index (κ2) is 5.18. The lowest BCUT2D eigenvalue weighted by Crippen LogP contribution is -2.29. The van der Waals surface area contributed by atoms with Gasteiger partial charge in [-0.3, -0.25) is 4.79 Å². The highest BCUT2D eigenvalue weighted by Crippen LogP contribution is 2.26. The molecular weight excluding hydrogens is 164 g/mol. The van der Waals surface area contributed by atoms with Gasteiger partial charge in [0.25, 0.3) is 0 Å². The zero-order valence-electron chi connectivity index (χ0n) is 8.20. The van der Waals surface area contributed by atoms with Gasteiger partial charge >= 0.3 is 0 Å². The molecular formula is C11H18O2. The largest absolute Gasteiger partial charge is 0.385 e. The van der Waals surface area contributed by atoms with Gasteiger partial charge in [0.1, 0.15) is 6.10 Å². The van der Waals surface area contributed by atoms with Gasteiger partial charge in [-0.15, -0.1) is 0 Å². The second-order valence-electron chi connectivity index (χ2n) is 3.75. The predicted molar refractivity (Wildman–Crippen MR) is 52.4 cm³/mol. The Kier molecular flexibility index (Phi) is 4.16. The van der Waals surface area contributed by atoms with Crippen molar-refractivity contribution in [3.8, 4) is 0 Å². The molecule has 1 saturated carbocycles. The Morgan fingerprint density at radius 2 is 2.00 bits per heavy atom. The average molecular weight is 182 g/mol. The predicted octanol–water partition coefficient (Wildman–Crippen LogP) is 2.07. The molecule has 1 rings (SSSR count). The number of allylic oxidation sites excluding steroid dienone is 1. The van der Waals surface area contributed by atoms with Crippen molar-refractivity contribution < 1.29 is 9.90 Å². The quantitative estimate of drug-likeness (QED) is 0.678. The Hall–Kier alpha value is -0.630. The molecule has 0 aliphatic heterocycles. The summed E-state index contributed by atoms with van der Waals surface area (Å²) in [7, 11) is 0. The standard InChI is InChI=1S/C11H18O2/c1-2-6-10(12)11(13)9-7-4-3-5-8-9/h2,6,9,11,13H,3-5,7-8H2,1H3/b6-2+/t11-/m1/s1. The lowest BCUT2D eigenvalue weighted by atomic mass is 9.84. The Morgan fingerprint density at radius 1 is 1.38 bits per heavy atom. The number of carbonyl (C=O) groups excluding carboxylic acids is 1. The molecule has 1 N–H and O–H groups in total. The SMILES string of the molecule is C/C=C/C(=O)[C@H](O)C1CCCCC1. The minimum Gasteiger partial charge on any atom is -0.385 e. The molecule has 0 heterocycles. The minimum atomic E-state index is -0.753. The van der Waals surface area contributed by atoms with Crippen LogP contribution < -0.4 is 0 Å². The highest BCUT2D eigenvalue weighted by atomic mass is 16.3. The number of aliphatic hydroxyl groups is 1. The molecule has 2 nitrogen and oxygen atoms in total. The Morgan fingerprint density at radius 3 is 2.54 bits per heavy atom. The van der Waals surface area contributed by atoms with Crippen molar-refractivity contribution in [3.63, 3.8) is 0 Å². The van der Waals surface area contributed by atoms with E-state index in [4.69, 9.17) is 0 Å². The van der Waals surface area contributed by atoms with Gasteiger partial charge in [-0.25, -0.2) is 0 Å². The van der Waals surface area contributed by atoms with Crippen molar-refractivity contribution in [1.29, 1.82) is 0 Å². The lowest BCUT2D eigenvalue weighted by Gasteiger charge is -2.24. The van der Waals surface area contributed by atoms with E-state index in [2.05, 4.69) is 0 Å². The summed E-state index contributed by atoms with van der Waals surface area (Å²) in [4.78, 5) is 11.3. The van der Waals surface area contributed by atoms with Crippen molar-refractivity contribution in [2.45, 2.75) is 45.1 Å². The van der Waals surface area contributed by atoms with Crippen molar-refractivity contribution in [2.24, 2.45) is 5.92 Å². The first-order valence-electron chi connectivity index (χ1n) is 5.10. The smallest absolute Gasteiger partial charge is 0.184 e. The van der Waals surface area contributed by atoms with Crippen LogP contribution in [0.3, 0.4) is 0 Å². The van der Waals surface area contributed by atoms with Crippen molar-refractivity contribution in [3.05, 3.63) is 12.2 Å². The molecule has 1 atom stereocenters. The number of ketones is 1. The first-order valence-corrected chi connectivity index (χ1v) is 5.10. The average Bonchev–Trinajstić information content (AvgIpc) is 2.18. The number of rotatable bonds is 3. The molecule has 13 heavy (non-hydrogen) atoms. The third-order valence-electron chi connectivity index (χ3n) is 2.72. The first-order chi connectivity index (χ1) is 6.25. The van der Waals surface area contributed by atoms with Gasteiger partial charge in [-0.05, 0) is 31.8 Å². The zero-order valence-corrected chi connectivity index (χ0v) is 8.20. The fourth-order valence-corrected chi connectivity index (χ4v) is 1.95. The number of hydrogen-bond donors (Lipinski definition) is 1. The van der Waals surface area contributed by atoms with Gasteiger partial charge in [0, 0.05) is 0 Å². The highest BCUT2D eigenvalue weighted by molar-refractivity contribution is 5.93. The summed E-state index contributed by atoms with van der Waals surface area (Å²) in [6.07, 6.45) is 7.98. The van der Waals surface area contributed by atoms with Gasteiger partial charge in [-0.1, -0.05) is 25.3 Å². The third kappa shape index (κ3) is 2.96. The molecule has 0 amide bonds. The minimum absolute atomic E-state index is 0.130. The van der Waals surface area contributed by atoms with Crippen molar-refractivity contribution in [1.82, 2.24) is 0 Å². The maximum atomic E-state index is 11.3. The fourth-order valence-electron chi connectivity index (χ4n) is 1.95. The van der Waals surface area contributed by atoms with E-state index in [1.54, 1.807) is 13.0 Å². The molecule has 0 spiro atoms. The molecule has 2 heteroatoms. The number of aliphatic hydroxyl groups excluding tert-OH is 1. The molecule has 1 aliphatic rings. The second-order valence-corrected chi connectivity index (χ2v) is 3.75. The molecule has 0 aromatic carbocycles. The molecule has 0 unspecified atom stereocenters. The monoisotopic (exact) mass is 182 g/mol. The van der Waals surface area contributed by atoms with Crippen LogP contribution in [0.2, 0.25) is 0 Å². The van der Waals surface area contributed by atoms with E-state index in [-0.39, 0.29) is 11.7 Å². The molecule has 0 aromatic heterocycles. The molecule has 0 radical (unpaired) electrons. The van der Waals surface area contributed by atoms with Crippen LogP contribution in [0.4, 0.5) is 0 Å². The molecule has 74 valence electrons. The van der Waals surface area contributed by atoms with Gasteiger partial charge < -0.3 is 5.11 Å². The maximum absolute atomic E-state index is 11.3. The summed E-state index contributed by atoms with van der Waals surface area (Å²) in [5.41, 5.74) is 0. The summed E-state index contributed by atoms with van der Waals surface area (Å²) < 4.78 is 0. The Bertz CT molecular complexity index is 190. The zero-order chi connectivity index (χ0) is 9.68. The van der Waals surface area contributed by atoms with Crippen LogP contribution in [0.15, 0.2) is 12.2 Å².